The van der Waals surface area contributed by atoms with E-state index < -0.39 is 39.7 Å². The monoisotopic (exact) mass is 2060 g/mol. The molecule has 16 rings (SSSR count). The van der Waals surface area contributed by atoms with Crippen LogP contribution in [0.4, 0.5) is 11.8 Å². The second-order valence-electron chi connectivity index (χ2n) is 31.7. The fourth-order valence-corrected chi connectivity index (χ4v) is 18.0. The second kappa shape index (κ2) is 46.7. The van der Waals surface area contributed by atoms with Crippen molar-refractivity contribution >= 4 is 137 Å². The number of fused-ring (bicyclic) bond motifs is 4. The van der Waals surface area contributed by atoms with E-state index in [0.717, 1.165) is 101 Å². The number of hydrogen-bond donors (Lipinski definition) is 3. The summed E-state index contributed by atoms with van der Waals surface area (Å²) in [4.78, 5) is 38.0. The van der Waals surface area contributed by atoms with Gasteiger partial charge in [0, 0.05) is 93.9 Å². The van der Waals surface area contributed by atoms with Crippen molar-refractivity contribution in [3.8, 4) is 93.5 Å². The molecule has 1 unspecified atom stereocenters. The highest BCUT2D eigenvalue weighted by Crippen LogP contribution is 2.45. The van der Waals surface area contributed by atoms with Crippen LogP contribution >= 0.6 is 58.0 Å². The van der Waals surface area contributed by atoms with Crippen molar-refractivity contribution in [2.45, 2.75) is 108 Å². The van der Waals surface area contributed by atoms with Gasteiger partial charge in [0.15, 0.2) is 42.7 Å². The van der Waals surface area contributed by atoms with E-state index in [9.17, 15) is 49.5 Å². The fourth-order valence-electron chi connectivity index (χ4n) is 14.7. The van der Waals surface area contributed by atoms with Crippen molar-refractivity contribution in [3.63, 3.8) is 0 Å². The number of nitriles is 3. The quantitative estimate of drug-likeness (QED) is 0.0245. The summed E-state index contributed by atoms with van der Waals surface area (Å²) in [5.74, 6) is 7.14. The first-order chi connectivity index (χ1) is 67.0. The van der Waals surface area contributed by atoms with Crippen LogP contribution in [0.5, 0.6) is 46.0 Å². The largest absolute Gasteiger partial charge is 0.491 e. The van der Waals surface area contributed by atoms with Crippen molar-refractivity contribution in [1.29, 1.82) is 15.8 Å². The highest BCUT2D eigenvalue weighted by Gasteiger charge is 2.29. The molecule has 6 aromatic heterocycles. The molecule has 1 aliphatic heterocycles. The van der Waals surface area contributed by atoms with Crippen molar-refractivity contribution in [1.82, 2.24) is 44.4 Å². The van der Waals surface area contributed by atoms with Gasteiger partial charge >= 0.3 is 0 Å². The third-order valence-corrected chi connectivity index (χ3v) is 24.8. The molecule has 1 atom stereocenters. The molecule has 33 nitrogen and oxygen atoms in total. The van der Waals surface area contributed by atoms with Gasteiger partial charge in [-0.25, -0.2) is 78.7 Å². The number of aliphatic imine (C=N–C) groups is 1. The third-order valence-electron chi connectivity index (χ3n) is 20.7. The highest BCUT2D eigenvalue weighted by atomic mass is 35.5. The van der Waals surface area contributed by atoms with E-state index in [0.29, 0.717) is 160 Å². The van der Waals surface area contributed by atoms with Crippen LogP contribution in [0.25, 0.3) is 38.8 Å². The van der Waals surface area contributed by atoms with Gasteiger partial charge in [-0.05, 0) is 182 Å². The van der Waals surface area contributed by atoms with Gasteiger partial charge in [-0.1, -0.05) is 79.2 Å². The Morgan fingerprint density at radius 3 is 1.74 bits per heavy atom. The number of rotatable bonds is 35. The van der Waals surface area contributed by atoms with E-state index >= 15 is 0 Å². The molecule has 7 heterocycles. The van der Waals surface area contributed by atoms with Crippen molar-refractivity contribution in [3.05, 3.63) is 293 Å². The molecule has 0 bridgehead atoms. The van der Waals surface area contributed by atoms with Crippen LogP contribution in [0.3, 0.4) is 0 Å². The number of ether oxygens (including phenoxy) is 8. The maximum absolute atomic E-state index is 11.6. The van der Waals surface area contributed by atoms with E-state index in [1.807, 2.05) is 104 Å². The summed E-state index contributed by atoms with van der Waals surface area (Å²) in [5, 5.41) is 36.7. The molecule has 140 heavy (non-hydrogen) atoms. The molecule has 0 amide bonds. The smallest absolute Gasteiger partial charge is 0.271 e. The van der Waals surface area contributed by atoms with E-state index in [4.69, 9.17) is 118 Å². The molecule has 0 fully saturated rings. The minimum absolute atomic E-state index is 0.0119. The van der Waals surface area contributed by atoms with E-state index in [1.54, 1.807) is 72.8 Å². The number of sulfone groups is 2. The number of aryl methyl sites for hydroxylation is 1. The molecule has 0 radical (unpaired) electrons. The lowest BCUT2D eigenvalue weighted by Crippen LogP contribution is -2.13. The zero-order valence-electron chi connectivity index (χ0n) is 75.9. The van der Waals surface area contributed by atoms with Gasteiger partial charge < -0.3 is 52.6 Å². The number of nitrogens with one attached hydrogen (secondary N) is 1. The Labute approximate surface area is 833 Å². The first-order valence-electron chi connectivity index (χ1n) is 43.0. The number of furan rings is 1. The van der Waals surface area contributed by atoms with Gasteiger partial charge in [0.25, 0.3) is 10.0 Å². The number of hydrogen-bond acceptors (Lipinski definition) is 30. The van der Waals surface area contributed by atoms with Crippen LogP contribution in [0, 0.1) is 46.3 Å². The van der Waals surface area contributed by atoms with Crippen LogP contribution in [-0.2, 0) is 90.6 Å². The number of alkyl halides is 1. The number of aromatic nitrogens is 9. The van der Waals surface area contributed by atoms with E-state index in [1.165, 1.54) is 42.2 Å². The molecule has 0 saturated carbocycles. The molecular weight excluding hydrogens is 1980 g/mol. The molecule has 5 N–H and O–H groups in total. The Kier molecular flexibility index (Phi) is 34.5. The molecule has 0 saturated heterocycles. The fraction of sp³-hybridized carbons (Fsp3) is 0.245. The number of nitrogens with zero attached hydrogens (tertiary/aromatic N) is 13. The first-order valence-corrected chi connectivity index (χ1v) is 52.6. The molecule has 42 heteroatoms. The van der Waals surface area contributed by atoms with Crippen molar-refractivity contribution < 1.29 is 76.0 Å². The Morgan fingerprint density at radius 1 is 0.543 bits per heavy atom. The van der Waals surface area contributed by atoms with E-state index in [-0.39, 0.29) is 79.0 Å². The number of anilines is 2. The lowest BCUT2D eigenvalue weighted by atomic mass is 9.91. The predicted molar refractivity (Wildman–Crippen MR) is 533 cm³/mol. The van der Waals surface area contributed by atoms with Gasteiger partial charge in [-0.15, -0.1) is 18.0 Å². The van der Waals surface area contributed by atoms with Gasteiger partial charge in [-0.2, -0.15) is 15.8 Å². The molecule has 0 spiro atoms. The minimum Gasteiger partial charge on any atom is -0.491 e. The summed E-state index contributed by atoms with van der Waals surface area (Å²) in [6.07, 6.45) is 20.8. The Hall–Kier alpha value is -13.9. The average Bonchev–Trinajstić information content (AvgIpc) is 0.907. The van der Waals surface area contributed by atoms with Crippen molar-refractivity contribution in [2.75, 3.05) is 61.5 Å². The third kappa shape index (κ3) is 27.6. The number of nitrogen functional groups attached to an aromatic ring is 1. The summed E-state index contributed by atoms with van der Waals surface area (Å²) in [6, 6.07) is 51.5. The predicted octanol–water partition coefficient (Wildman–Crippen LogP) is 17.9. The van der Waals surface area contributed by atoms with Crippen LogP contribution in [0.2, 0.25) is 20.1 Å². The Balaban J connectivity index is 0.000000157. The molecule has 8 aromatic carbocycles. The topological polar surface area (TPSA) is 479 Å². The van der Waals surface area contributed by atoms with Crippen molar-refractivity contribution in [2.24, 2.45) is 10.1 Å². The van der Waals surface area contributed by atoms with Crippen LogP contribution in [0.1, 0.15) is 142 Å². The summed E-state index contributed by atoms with van der Waals surface area (Å²) in [5.41, 5.74) is 20.0. The number of primary sulfonamides is 1. The zero-order valence-corrected chi connectivity index (χ0v) is 83.0. The van der Waals surface area contributed by atoms with Crippen LogP contribution < -0.4 is 53.5 Å². The standard InChI is InChI=1S/C26H27ClN4O4S.C25H20Cl2N4O4S.C24H22ClN5O4S.C23H20ClN3O5S/c1-3-8-34-26-18(13-28)9-17(11-23(26)27)22-6-4-16-10-20(5-7-21(16)22)35-14-19-12-24(29)31-25(30-19)15-36(2,32)33;1-3-16-10-17(11-21(27)25(16)34-9-7-26)24-20-5-4-19(12-22(20)29-15-30-24)35-13-18-6-8-28-23(31-18)14-36(2,32)33;1-3-8-33-23-16(12-26)9-15(11-21(23)25)22-20-5-4-19(10-17(20)13-28-22)34-14-18-6-7-27-24(29-18)30-35(2,31)32;1-2-7-30-23-17(12-25)9-18(11-20(23)24)27-6-5-16-10-19(3-4-21(16)27)31-13-15-8-22(32-14-15)33(26,28)29/h5,7,9-12,22H,3-4,6,8,14-15H2,1-2H3,(H2,29,30,31);1,4-6,8,10-12,15H,7,9,13-14H2,2H3;4-7,9-11H,3,8,13-14H2,1-2H3,(H,27,29,30);3-6,8-11,14H,2,7,13H2,1H3,(H2,26,28,29). The number of benzene rings is 8. The zero-order chi connectivity index (χ0) is 100. The van der Waals surface area contributed by atoms with Gasteiger partial charge in [0.05, 0.1) is 127 Å². The second-order valence-corrected chi connectivity index (χ2v) is 41.2. The normalized spacial score (nSPS) is 12.5. The number of halogens is 5. The SMILES string of the molecule is C#Cc1cc(-c2ncnc3cc(OCc4ccnc(CS(C)(=O)=O)n4)ccc23)cc(Cl)c1OCCCl.CCCOc1c(Cl)cc(-n2ccc3cc(OCc4coc(S(N)(=O)=O)c4)ccc32)cc1C#N.CCCOc1c(Cl)cc(C2=NCc3cc(OCc4ccnc(NS(C)(=O)=O)n4)ccc32)cc1C#N.CCCOc1c(Cl)cc(C2CCc3cc(OCc4cc(N)nc(CS(C)(=O)=O)n4)ccc32)cc1C#N. The van der Waals surface area contributed by atoms with Gasteiger partial charge in [0.1, 0.15) is 110 Å². The molecule has 2 aliphatic rings. The number of terminal acetylenes is 1. The highest BCUT2D eigenvalue weighted by molar-refractivity contribution is 7.92. The van der Waals surface area contributed by atoms with Crippen LogP contribution in [-0.4, -0.2) is 135 Å². The first kappa shape index (κ1) is 103. The molecule has 1 aliphatic carbocycles. The molecular formula is C98H89Cl5N16O17S4. The number of nitrogens with two attached hydrogens (primary N) is 2. The average molecular weight is 2070 g/mol. The molecule has 722 valence electrons. The Morgan fingerprint density at radius 2 is 1.10 bits per heavy atom. The summed E-state index contributed by atoms with van der Waals surface area (Å²) in [6.45, 7) is 8.68. The van der Waals surface area contributed by atoms with E-state index in [2.05, 4.69) is 73.7 Å². The van der Waals surface area contributed by atoms with Gasteiger partial charge in [-0.3, -0.25) is 9.71 Å². The summed E-state index contributed by atoms with van der Waals surface area (Å²) < 4.78 is 147. The lowest BCUT2D eigenvalue weighted by molar-refractivity contribution is 0.300. The maximum Gasteiger partial charge on any atom is 0.271 e. The lowest BCUT2D eigenvalue weighted by Gasteiger charge is -2.16. The Bertz CT molecular complexity index is 7730. The summed E-state index contributed by atoms with van der Waals surface area (Å²) >= 11 is 31.5. The van der Waals surface area contributed by atoms with Crippen LogP contribution in [0.15, 0.2) is 197 Å². The number of sulfonamides is 2. The minimum atomic E-state index is -3.90. The summed E-state index contributed by atoms with van der Waals surface area (Å²) in [7, 11) is -13.9. The molecule has 14 aromatic rings. The van der Waals surface area contributed by atoms with Gasteiger partial charge in [0.2, 0.25) is 21.1 Å². The maximum atomic E-state index is 11.6.